The fraction of sp³-hybridized carbons (Fsp3) is 0.357. The van der Waals surface area contributed by atoms with Gasteiger partial charge in [0.05, 0.1) is 11.3 Å². The fourth-order valence-corrected chi connectivity index (χ4v) is 2.54. The number of aromatic amines is 1. The number of hydrogen-bond donors (Lipinski definition) is 2. The van der Waals surface area contributed by atoms with Crippen LogP contribution in [0.15, 0.2) is 23.3 Å². The zero-order valence-corrected chi connectivity index (χ0v) is 11.4. The molecule has 6 heteroatoms. The molecule has 1 aliphatic rings. The monoisotopic (exact) mass is 271 g/mol. The minimum Gasteiger partial charge on any atom is -0.369 e. The van der Waals surface area contributed by atoms with Crippen LogP contribution in [0.5, 0.6) is 0 Å². The number of hydrogen-bond acceptors (Lipinski definition) is 5. The first-order valence-electron chi connectivity index (χ1n) is 6.63. The number of anilines is 1. The van der Waals surface area contributed by atoms with Gasteiger partial charge in [0, 0.05) is 38.4 Å². The average molecular weight is 271 g/mol. The lowest BCUT2D eigenvalue weighted by molar-refractivity contribution is 0.241. The normalized spacial score (nSPS) is 15.1. The van der Waals surface area contributed by atoms with E-state index in [1.165, 1.54) is 11.1 Å². The SMILES string of the molecule is Cc1ccncc1CN1CCc2nc(N)[nH]c(=O)c2C1. The Morgan fingerprint density at radius 1 is 1.50 bits per heavy atom. The van der Waals surface area contributed by atoms with Crippen molar-refractivity contribution in [3.63, 3.8) is 0 Å². The van der Waals surface area contributed by atoms with Crippen LogP contribution in [0.2, 0.25) is 0 Å². The summed E-state index contributed by atoms with van der Waals surface area (Å²) in [5.74, 6) is 0.199. The number of nitrogens with zero attached hydrogens (tertiary/aromatic N) is 3. The van der Waals surface area contributed by atoms with Gasteiger partial charge in [-0.05, 0) is 24.1 Å². The lowest BCUT2D eigenvalue weighted by Gasteiger charge is -2.27. The van der Waals surface area contributed by atoms with Crippen molar-refractivity contribution in [1.82, 2.24) is 19.9 Å². The van der Waals surface area contributed by atoms with Crippen molar-refractivity contribution >= 4 is 5.95 Å². The Bertz CT molecular complexity index is 694. The van der Waals surface area contributed by atoms with Gasteiger partial charge in [-0.1, -0.05) is 0 Å². The molecule has 104 valence electrons. The number of aryl methyl sites for hydroxylation is 1. The van der Waals surface area contributed by atoms with E-state index in [-0.39, 0.29) is 11.5 Å². The summed E-state index contributed by atoms with van der Waals surface area (Å²) in [6.07, 6.45) is 4.43. The highest BCUT2D eigenvalue weighted by Crippen LogP contribution is 2.17. The number of nitrogens with one attached hydrogen (secondary N) is 1. The van der Waals surface area contributed by atoms with Crippen molar-refractivity contribution in [2.24, 2.45) is 0 Å². The maximum absolute atomic E-state index is 11.9. The van der Waals surface area contributed by atoms with E-state index >= 15 is 0 Å². The highest BCUT2D eigenvalue weighted by Gasteiger charge is 2.21. The Morgan fingerprint density at radius 2 is 2.35 bits per heavy atom. The molecular formula is C14H17N5O. The van der Waals surface area contributed by atoms with Crippen LogP contribution in [0.1, 0.15) is 22.4 Å². The molecule has 2 aromatic rings. The van der Waals surface area contributed by atoms with Gasteiger partial charge in [-0.3, -0.25) is 19.7 Å². The molecule has 6 nitrogen and oxygen atoms in total. The summed E-state index contributed by atoms with van der Waals surface area (Å²) in [5, 5.41) is 0. The predicted octanol–water partition coefficient (Wildman–Crippen LogP) is 0.614. The van der Waals surface area contributed by atoms with Crippen LogP contribution < -0.4 is 11.3 Å². The van der Waals surface area contributed by atoms with Crippen LogP contribution in [-0.4, -0.2) is 26.4 Å². The lowest BCUT2D eigenvalue weighted by Crippen LogP contribution is -2.35. The Labute approximate surface area is 116 Å². The predicted molar refractivity (Wildman–Crippen MR) is 76.1 cm³/mol. The van der Waals surface area contributed by atoms with Crippen molar-refractivity contribution in [1.29, 1.82) is 0 Å². The summed E-state index contributed by atoms with van der Waals surface area (Å²) in [5.41, 5.74) is 9.41. The van der Waals surface area contributed by atoms with Crippen LogP contribution in [-0.2, 0) is 19.5 Å². The number of aromatic nitrogens is 3. The van der Waals surface area contributed by atoms with Crippen molar-refractivity contribution in [2.75, 3.05) is 12.3 Å². The van der Waals surface area contributed by atoms with Crippen molar-refractivity contribution in [3.05, 3.63) is 51.2 Å². The van der Waals surface area contributed by atoms with E-state index in [4.69, 9.17) is 5.73 Å². The maximum atomic E-state index is 11.9. The fourth-order valence-electron chi connectivity index (χ4n) is 2.54. The molecule has 0 aliphatic carbocycles. The summed E-state index contributed by atoms with van der Waals surface area (Å²) in [6.45, 7) is 4.34. The Kier molecular flexibility index (Phi) is 3.23. The summed E-state index contributed by atoms with van der Waals surface area (Å²) < 4.78 is 0. The molecule has 2 aromatic heterocycles. The third kappa shape index (κ3) is 2.42. The van der Waals surface area contributed by atoms with Crippen molar-refractivity contribution in [2.45, 2.75) is 26.4 Å². The van der Waals surface area contributed by atoms with Gasteiger partial charge in [-0.2, -0.15) is 0 Å². The van der Waals surface area contributed by atoms with Gasteiger partial charge in [0.1, 0.15) is 0 Å². The second-order valence-corrected chi connectivity index (χ2v) is 5.14. The van der Waals surface area contributed by atoms with E-state index in [1.807, 2.05) is 12.3 Å². The molecule has 0 amide bonds. The van der Waals surface area contributed by atoms with Gasteiger partial charge in [0.2, 0.25) is 5.95 Å². The van der Waals surface area contributed by atoms with E-state index in [0.717, 1.165) is 30.8 Å². The highest BCUT2D eigenvalue weighted by molar-refractivity contribution is 5.28. The molecule has 20 heavy (non-hydrogen) atoms. The van der Waals surface area contributed by atoms with Crippen molar-refractivity contribution in [3.8, 4) is 0 Å². The molecule has 0 atom stereocenters. The second kappa shape index (κ2) is 5.05. The first-order valence-corrected chi connectivity index (χ1v) is 6.63. The quantitative estimate of drug-likeness (QED) is 0.835. The molecule has 3 heterocycles. The molecular weight excluding hydrogens is 254 g/mol. The van der Waals surface area contributed by atoms with E-state index in [9.17, 15) is 4.79 Å². The van der Waals surface area contributed by atoms with E-state index in [1.54, 1.807) is 6.20 Å². The zero-order valence-electron chi connectivity index (χ0n) is 11.4. The number of fused-ring (bicyclic) bond motifs is 1. The molecule has 0 unspecified atom stereocenters. The number of nitrogen functional groups attached to an aromatic ring is 1. The average Bonchev–Trinajstić information content (AvgIpc) is 2.42. The molecule has 0 fully saturated rings. The third-order valence-corrected chi connectivity index (χ3v) is 3.71. The number of H-pyrrole nitrogens is 1. The van der Waals surface area contributed by atoms with Crippen LogP contribution in [0.25, 0.3) is 0 Å². The number of pyridine rings is 1. The van der Waals surface area contributed by atoms with E-state index < -0.39 is 0 Å². The molecule has 0 bridgehead atoms. The Hall–Kier alpha value is -2.21. The molecule has 0 saturated carbocycles. The Balaban J connectivity index is 1.83. The molecule has 0 radical (unpaired) electrons. The van der Waals surface area contributed by atoms with E-state index in [2.05, 4.69) is 26.8 Å². The lowest BCUT2D eigenvalue weighted by atomic mass is 10.1. The Morgan fingerprint density at radius 3 is 3.15 bits per heavy atom. The van der Waals surface area contributed by atoms with Gasteiger partial charge in [0.15, 0.2) is 0 Å². The number of rotatable bonds is 2. The van der Waals surface area contributed by atoms with Gasteiger partial charge < -0.3 is 5.73 Å². The molecule has 0 saturated heterocycles. The second-order valence-electron chi connectivity index (χ2n) is 5.14. The van der Waals surface area contributed by atoms with Gasteiger partial charge in [0.25, 0.3) is 5.56 Å². The smallest absolute Gasteiger partial charge is 0.257 e. The first kappa shape index (κ1) is 12.8. The molecule has 3 N–H and O–H groups in total. The van der Waals surface area contributed by atoms with Crippen LogP contribution in [0.4, 0.5) is 5.95 Å². The zero-order chi connectivity index (χ0) is 14.1. The topological polar surface area (TPSA) is 87.9 Å². The van der Waals surface area contributed by atoms with Gasteiger partial charge >= 0.3 is 0 Å². The van der Waals surface area contributed by atoms with Gasteiger partial charge in [-0.15, -0.1) is 0 Å². The minimum absolute atomic E-state index is 0.125. The van der Waals surface area contributed by atoms with E-state index in [0.29, 0.717) is 6.54 Å². The summed E-state index contributed by atoms with van der Waals surface area (Å²) >= 11 is 0. The van der Waals surface area contributed by atoms with Crippen LogP contribution >= 0.6 is 0 Å². The third-order valence-electron chi connectivity index (χ3n) is 3.71. The minimum atomic E-state index is -0.125. The highest BCUT2D eigenvalue weighted by atomic mass is 16.1. The van der Waals surface area contributed by atoms with Gasteiger partial charge in [-0.25, -0.2) is 4.98 Å². The molecule has 0 spiro atoms. The molecule has 1 aliphatic heterocycles. The number of nitrogens with two attached hydrogens (primary N) is 1. The summed E-state index contributed by atoms with van der Waals surface area (Å²) in [7, 11) is 0. The molecule has 0 aromatic carbocycles. The van der Waals surface area contributed by atoms with Crippen LogP contribution in [0, 0.1) is 6.92 Å². The standard InChI is InChI=1S/C14H17N5O/c1-9-2-4-16-6-10(9)7-19-5-3-12-11(8-19)13(20)18-14(15)17-12/h2,4,6H,3,5,7-8H2,1H3,(H3,15,17,18,20). The summed E-state index contributed by atoms with van der Waals surface area (Å²) in [6, 6.07) is 2.00. The largest absolute Gasteiger partial charge is 0.369 e. The van der Waals surface area contributed by atoms with Crippen molar-refractivity contribution < 1.29 is 0 Å². The maximum Gasteiger partial charge on any atom is 0.257 e. The molecule has 3 rings (SSSR count). The first-order chi connectivity index (χ1) is 9.63. The summed E-state index contributed by atoms with van der Waals surface area (Å²) in [4.78, 5) is 25.1. The van der Waals surface area contributed by atoms with Crippen LogP contribution in [0.3, 0.4) is 0 Å².